The highest BCUT2D eigenvalue weighted by atomic mass is 32.2. The number of halogens is 1. The van der Waals surface area contributed by atoms with Gasteiger partial charge in [-0.1, -0.05) is 36.0 Å². The third-order valence-electron chi connectivity index (χ3n) is 5.20. The molecule has 0 aliphatic heterocycles. The molecular weight excluding hydrogens is 487 g/mol. The number of thioether (sulfide) groups is 1. The lowest BCUT2D eigenvalue weighted by molar-refractivity contribution is -0.0629. The van der Waals surface area contributed by atoms with Crippen molar-refractivity contribution in [2.75, 3.05) is 24.2 Å². The second kappa shape index (κ2) is 10.5. The molecule has 2 fully saturated rings. The summed E-state index contributed by atoms with van der Waals surface area (Å²) in [4.78, 5) is 8.29. The fourth-order valence-corrected chi connectivity index (χ4v) is 3.92. The second-order valence-electron chi connectivity index (χ2n) is 7.63. The zero-order valence-electron chi connectivity index (χ0n) is 32.0. The van der Waals surface area contributed by atoms with E-state index in [-0.39, 0.29) is 22.2 Å². The smallest absolute Gasteiger partial charge is 0.191 e. The minimum absolute atomic E-state index is 0.0447. The van der Waals surface area contributed by atoms with E-state index in [9.17, 15) is 19.7 Å². The molecule has 12 heteroatoms. The number of rotatable bonds is 10. The first-order valence-corrected chi connectivity index (χ1v) is 11.6. The predicted molar refractivity (Wildman–Crippen MR) is 133 cm³/mol. The van der Waals surface area contributed by atoms with E-state index in [4.69, 9.17) is 17.8 Å². The first-order chi connectivity index (χ1) is 22.1. The molecule has 194 valence electrons. The second-order valence-corrected chi connectivity index (χ2v) is 8.49. The van der Waals surface area contributed by atoms with Crippen LogP contribution in [-0.2, 0) is 4.74 Å². The van der Waals surface area contributed by atoms with Crippen LogP contribution in [0.25, 0.3) is 11.2 Å². The van der Waals surface area contributed by atoms with Gasteiger partial charge in [0.05, 0.1) is 33.5 Å². The van der Waals surface area contributed by atoms with Crippen molar-refractivity contribution in [2.45, 2.75) is 74.4 Å². The normalized spacial score (nSPS) is 46.7. The van der Waals surface area contributed by atoms with Gasteiger partial charge >= 0.3 is 0 Å². The van der Waals surface area contributed by atoms with Crippen LogP contribution < -0.4 is 5.32 Å². The zero-order valence-corrected chi connectivity index (χ0v) is 19.8. The molecule has 5 rings (SSSR count). The number of hydrogen-bond acceptors (Lipinski definition) is 10. The van der Waals surface area contributed by atoms with Crippen molar-refractivity contribution in [3.05, 3.63) is 35.1 Å². The van der Waals surface area contributed by atoms with Crippen LogP contribution in [0.1, 0.15) is 66.9 Å². The van der Waals surface area contributed by atoms with E-state index in [0.717, 1.165) is 6.07 Å². The van der Waals surface area contributed by atoms with E-state index in [1.54, 1.807) is 0 Å². The highest BCUT2D eigenvalue weighted by molar-refractivity contribution is 7.99. The highest BCUT2D eigenvalue weighted by Gasteiger charge is 2.45. The Labute approximate surface area is 230 Å². The van der Waals surface area contributed by atoms with Crippen LogP contribution in [0.2, 0.25) is 0 Å². The average molecular weight is 532 g/mol. The van der Waals surface area contributed by atoms with Gasteiger partial charge in [0.1, 0.15) is 18.0 Å². The summed E-state index contributed by atoms with van der Waals surface area (Å²) in [5.41, 5.74) is -3.15. The Bertz CT molecular complexity index is 1820. The van der Waals surface area contributed by atoms with Gasteiger partial charge < -0.3 is 25.4 Å². The van der Waals surface area contributed by atoms with Crippen molar-refractivity contribution in [1.82, 2.24) is 25.0 Å². The molecule has 3 aromatic rings. The van der Waals surface area contributed by atoms with Gasteiger partial charge in [-0.25, -0.2) is 19.0 Å². The molecule has 0 saturated heterocycles. The molecule has 6 atom stereocenters. The van der Waals surface area contributed by atoms with Gasteiger partial charge in [0, 0.05) is 33.6 Å². The lowest BCUT2D eigenvalue weighted by atomic mass is 10.1. The van der Waals surface area contributed by atoms with Crippen LogP contribution in [0.5, 0.6) is 0 Å². The van der Waals surface area contributed by atoms with Crippen molar-refractivity contribution in [2.24, 2.45) is 0 Å². The Morgan fingerprint density at radius 3 is 2.92 bits per heavy atom. The minimum Gasteiger partial charge on any atom is -0.394 e. The molecule has 0 unspecified atom stereocenters. The predicted octanol–water partition coefficient (Wildman–Crippen LogP) is 2.18. The largest absolute Gasteiger partial charge is 0.394 e. The first kappa shape index (κ1) is 14.0. The maximum atomic E-state index is 14.5. The number of ether oxygens (including phenoxy) is 1. The van der Waals surface area contributed by atoms with Gasteiger partial charge in [-0.15, -0.1) is 5.10 Å². The minimum atomic E-state index is -4.18. The van der Waals surface area contributed by atoms with Gasteiger partial charge in [0.2, 0.25) is 0 Å². The maximum absolute atomic E-state index is 14.5. The molecule has 0 amide bonds. The van der Waals surface area contributed by atoms with E-state index < -0.39 is 95.8 Å². The van der Waals surface area contributed by atoms with E-state index in [1.165, 1.54) is 26.0 Å². The van der Waals surface area contributed by atoms with Crippen molar-refractivity contribution >= 4 is 28.7 Å². The van der Waals surface area contributed by atoms with Crippen LogP contribution in [0.3, 0.4) is 0 Å². The zero-order chi connectivity index (χ0) is 37.2. The number of benzene rings is 1. The van der Waals surface area contributed by atoms with E-state index >= 15 is 0 Å². The molecule has 10 nitrogen and oxygen atoms in total. The Morgan fingerprint density at radius 2 is 2.17 bits per heavy atom. The third-order valence-corrected chi connectivity index (χ3v) is 6.00. The SMILES string of the molecule is [2H]C([2H])(CO)O[C@@]1([2H])C([2H])([2H])[C@@]([2H])(n2nnc3c(N[C@@H]4C([2H])([2H])[C@@]4([2H])c4ccc(C)c(F)c4)nc(SC([2H])([2H])CC)nc32)[C@]([2H])(O)[C@]1([2H])O. The van der Waals surface area contributed by atoms with Crippen molar-refractivity contribution in [3.63, 3.8) is 0 Å². The summed E-state index contributed by atoms with van der Waals surface area (Å²) in [6.07, 6.45) is -18.8. The monoisotopic (exact) mass is 531 g/mol. The number of aryl methyl sites for hydroxylation is 1. The molecule has 4 N–H and O–H groups in total. The average Bonchev–Trinajstić information content (AvgIpc) is 3.23. The standard InChI is InChI=1S/C24H31FN6O4S/c1-3-8-36-24-27-22(26-16-10-14(16)13-5-4-12(2)15(25)9-13)19-23(28-24)31(30-29-19)17-11-18(35-7-6-32)21(34)20(17)33/h4-5,9,14,16-18,20-21,32-34H,3,6-8,10-11H2,1-2H3,(H,26,27,28)/t14-,16+,17+,18-,20-,21+/m0/s1/i7D2,8D2,10D2,11D2,14D,17D,18D,20D,21D. The lowest BCUT2D eigenvalue weighted by Crippen LogP contribution is -2.33. The number of aromatic nitrogens is 5. The molecule has 2 aliphatic rings. The number of anilines is 1. The van der Waals surface area contributed by atoms with Gasteiger partial charge in [0.25, 0.3) is 0 Å². The number of nitrogens with zero attached hydrogens (tertiary/aromatic N) is 5. The van der Waals surface area contributed by atoms with Gasteiger partial charge in [0.15, 0.2) is 22.1 Å². The van der Waals surface area contributed by atoms with Crippen LogP contribution in [-0.4, -0.2) is 83.4 Å². The number of aliphatic hydroxyl groups is 3. The summed E-state index contributed by atoms with van der Waals surface area (Å²) >= 11 is 0.408. The summed E-state index contributed by atoms with van der Waals surface area (Å²) < 4.78 is 129. The van der Waals surface area contributed by atoms with Crippen LogP contribution >= 0.6 is 11.8 Å². The Kier molecular flexibility index (Phi) is 4.09. The van der Waals surface area contributed by atoms with E-state index in [0.29, 0.717) is 11.8 Å². The summed E-state index contributed by atoms with van der Waals surface area (Å²) in [5.74, 6) is -3.26. The lowest BCUT2D eigenvalue weighted by Gasteiger charge is -2.17. The van der Waals surface area contributed by atoms with Crippen LogP contribution in [0, 0.1) is 12.7 Å². The molecule has 2 aliphatic carbocycles. The number of nitrogens with one attached hydrogen (secondary N) is 1. The molecular formula is C24H31FN6O4S. The van der Waals surface area contributed by atoms with Crippen molar-refractivity contribution in [1.29, 1.82) is 0 Å². The Hall–Kier alpha value is -2.38. The molecule has 2 aromatic heterocycles. The quantitative estimate of drug-likeness (QED) is 0.227. The summed E-state index contributed by atoms with van der Waals surface area (Å²) in [6.45, 7) is -1.90. The molecule has 2 heterocycles. The van der Waals surface area contributed by atoms with E-state index in [2.05, 4.69) is 30.3 Å². The Morgan fingerprint density at radius 1 is 1.33 bits per heavy atom. The number of hydrogen-bond donors (Lipinski definition) is 4. The summed E-state index contributed by atoms with van der Waals surface area (Å²) in [7, 11) is 0. The van der Waals surface area contributed by atoms with Gasteiger partial charge in [-0.2, -0.15) is 0 Å². The Balaban J connectivity index is 1.72. The highest BCUT2D eigenvalue weighted by Crippen LogP contribution is 2.44. The number of aliphatic hydroxyl groups excluding tert-OH is 1. The first-order valence-electron chi connectivity index (χ1n) is 17.3. The topological polar surface area (TPSA) is 138 Å². The molecule has 36 heavy (non-hydrogen) atoms. The number of fused-ring (bicyclic) bond motifs is 1. The molecule has 0 bridgehead atoms. The molecule has 2 saturated carbocycles. The summed E-state index contributed by atoms with van der Waals surface area (Å²) in [5, 5.41) is 41.2. The molecule has 1 aromatic carbocycles. The molecule has 0 radical (unpaired) electrons. The fourth-order valence-electron chi connectivity index (χ4n) is 3.37. The van der Waals surface area contributed by atoms with Gasteiger partial charge in [-0.3, -0.25) is 0 Å². The molecule has 0 spiro atoms. The van der Waals surface area contributed by atoms with Gasteiger partial charge in [-0.05, 0) is 36.9 Å². The van der Waals surface area contributed by atoms with Crippen molar-refractivity contribution in [3.8, 4) is 0 Å². The fraction of sp³-hybridized carbons (Fsp3) is 0.583. The van der Waals surface area contributed by atoms with Crippen LogP contribution in [0.4, 0.5) is 10.2 Å². The van der Waals surface area contributed by atoms with E-state index in [1.807, 2.05) is 0 Å². The van der Waals surface area contributed by atoms with Crippen LogP contribution in [0.15, 0.2) is 23.4 Å². The summed E-state index contributed by atoms with van der Waals surface area (Å²) in [6, 6.07) is -1.59. The third kappa shape index (κ3) is 4.92. The van der Waals surface area contributed by atoms with Crippen molar-refractivity contribution < 1.29 is 42.3 Å². The maximum Gasteiger partial charge on any atom is 0.191 e.